The van der Waals surface area contributed by atoms with Crippen LogP contribution in [0, 0.1) is 0 Å². The van der Waals surface area contributed by atoms with Gasteiger partial charge in [0.2, 0.25) is 0 Å². The van der Waals surface area contributed by atoms with Crippen LogP contribution in [-0.4, -0.2) is 16.2 Å². The summed E-state index contributed by atoms with van der Waals surface area (Å²) in [6.45, 7) is 1.72. The Hall–Kier alpha value is -1.55. The van der Waals surface area contributed by atoms with Crippen LogP contribution in [0.4, 0.5) is 0 Å². The van der Waals surface area contributed by atoms with Crippen LogP contribution in [0.3, 0.4) is 0 Å². The monoisotopic (exact) mass is 181 g/mol. The van der Waals surface area contributed by atoms with E-state index in [1.165, 1.54) is 18.2 Å². The largest absolute Gasteiger partial charge is 0.508 e. The van der Waals surface area contributed by atoms with Crippen molar-refractivity contribution < 1.29 is 15.0 Å². The summed E-state index contributed by atoms with van der Waals surface area (Å²) in [5.74, 6) is -1.14. The van der Waals surface area contributed by atoms with Crippen LogP contribution >= 0.6 is 0 Å². The number of hydrogen-bond donors (Lipinski definition) is 3. The maximum atomic E-state index is 10.5. The number of carbonyl (C=O) groups is 1. The lowest BCUT2D eigenvalue weighted by Crippen LogP contribution is -2.06. The molecule has 4 N–H and O–H groups in total. The van der Waals surface area contributed by atoms with Crippen molar-refractivity contribution in [1.29, 1.82) is 0 Å². The van der Waals surface area contributed by atoms with E-state index >= 15 is 0 Å². The summed E-state index contributed by atoms with van der Waals surface area (Å²) in [7, 11) is 0. The zero-order valence-electron chi connectivity index (χ0n) is 7.19. The molecule has 13 heavy (non-hydrogen) atoms. The van der Waals surface area contributed by atoms with Gasteiger partial charge in [0.25, 0.3) is 0 Å². The number of carboxylic acid groups (broad SMARTS) is 1. The molecule has 0 fully saturated rings. The minimum atomic E-state index is -1.06. The fraction of sp³-hybridized carbons (Fsp3) is 0.222. The Balaban J connectivity index is 3.13. The van der Waals surface area contributed by atoms with Crippen LogP contribution in [0.15, 0.2) is 18.2 Å². The van der Waals surface area contributed by atoms with Crippen molar-refractivity contribution in [3.63, 3.8) is 0 Å². The van der Waals surface area contributed by atoms with E-state index in [1.807, 2.05) is 0 Å². The van der Waals surface area contributed by atoms with E-state index in [1.54, 1.807) is 6.92 Å². The number of rotatable bonds is 2. The number of aromatic hydroxyl groups is 1. The molecule has 0 heterocycles. The minimum absolute atomic E-state index is 0.0573. The molecule has 0 aliphatic heterocycles. The molecule has 0 saturated carbocycles. The Morgan fingerprint density at radius 2 is 2.15 bits per heavy atom. The highest BCUT2D eigenvalue weighted by molar-refractivity contribution is 5.88. The van der Waals surface area contributed by atoms with Gasteiger partial charge >= 0.3 is 5.97 Å². The van der Waals surface area contributed by atoms with E-state index in [9.17, 15) is 9.90 Å². The fourth-order valence-electron chi connectivity index (χ4n) is 1.06. The lowest BCUT2D eigenvalue weighted by Gasteiger charge is -2.08. The molecule has 0 radical (unpaired) electrons. The molecule has 0 unspecified atom stereocenters. The average Bonchev–Trinajstić information content (AvgIpc) is 2.03. The normalized spacial score (nSPS) is 12.5. The summed E-state index contributed by atoms with van der Waals surface area (Å²) in [5.41, 5.74) is 6.14. The third-order valence-electron chi connectivity index (χ3n) is 1.77. The lowest BCUT2D eigenvalue weighted by atomic mass is 10.1. The maximum Gasteiger partial charge on any atom is 0.335 e. The molecular formula is C9H11NO3. The molecule has 0 amide bonds. The predicted octanol–water partition coefficient (Wildman–Crippen LogP) is 1.11. The van der Waals surface area contributed by atoms with Crippen molar-refractivity contribution in [1.82, 2.24) is 0 Å². The predicted molar refractivity (Wildman–Crippen MR) is 47.7 cm³/mol. The highest BCUT2D eigenvalue weighted by atomic mass is 16.4. The molecule has 0 aliphatic rings. The van der Waals surface area contributed by atoms with Gasteiger partial charge < -0.3 is 15.9 Å². The van der Waals surface area contributed by atoms with Gasteiger partial charge in [-0.2, -0.15) is 0 Å². The zero-order chi connectivity index (χ0) is 10.0. The second-order valence-corrected chi connectivity index (χ2v) is 2.87. The van der Waals surface area contributed by atoms with E-state index in [2.05, 4.69) is 0 Å². The molecule has 0 bridgehead atoms. The molecule has 0 spiro atoms. The molecular weight excluding hydrogens is 170 g/mol. The van der Waals surface area contributed by atoms with Gasteiger partial charge in [-0.25, -0.2) is 4.79 Å². The first-order valence-electron chi connectivity index (χ1n) is 3.84. The molecule has 0 saturated heterocycles. The summed E-state index contributed by atoms with van der Waals surface area (Å²) < 4.78 is 0. The number of aromatic carboxylic acids is 1. The number of carboxylic acids is 1. The zero-order valence-corrected chi connectivity index (χ0v) is 7.19. The van der Waals surface area contributed by atoms with Crippen LogP contribution < -0.4 is 5.73 Å². The molecule has 0 aliphatic carbocycles. The van der Waals surface area contributed by atoms with E-state index in [0.717, 1.165) is 0 Å². The smallest absolute Gasteiger partial charge is 0.335 e. The van der Waals surface area contributed by atoms with E-state index in [4.69, 9.17) is 10.8 Å². The van der Waals surface area contributed by atoms with Crippen molar-refractivity contribution in [2.75, 3.05) is 0 Å². The Labute approximate surface area is 75.6 Å². The third-order valence-corrected chi connectivity index (χ3v) is 1.77. The summed E-state index contributed by atoms with van der Waals surface area (Å²) in [5, 5.41) is 18.0. The number of phenols is 1. The van der Waals surface area contributed by atoms with Crippen LogP contribution in [-0.2, 0) is 0 Å². The fourth-order valence-corrected chi connectivity index (χ4v) is 1.06. The van der Waals surface area contributed by atoms with E-state index in [0.29, 0.717) is 5.56 Å². The van der Waals surface area contributed by atoms with Crippen molar-refractivity contribution in [2.45, 2.75) is 13.0 Å². The second kappa shape index (κ2) is 3.45. The average molecular weight is 181 g/mol. The van der Waals surface area contributed by atoms with Gasteiger partial charge in [-0.1, -0.05) is 6.07 Å². The van der Waals surface area contributed by atoms with Gasteiger partial charge in [0, 0.05) is 11.6 Å². The van der Waals surface area contributed by atoms with Gasteiger partial charge in [0.05, 0.1) is 5.56 Å². The van der Waals surface area contributed by atoms with Gasteiger partial charge in [-0.15, -0.1) is 0 Å². The van der Waals surface area contributed by atoms with Crippen molar-refractivity contribution in [3.05, 3.63) is 29.3 Å². The summed E-state index contributed by atoms with van der Waals surface area (Å²) >= 11 is 0. The molecule has 4 nitrogen and oxygen atoms in total. The number of benzene rings is 1. The Morgan fingerprint density at radius 1 is 1.54 bits per heavy atom. The van der Waals surface area contributed by atoms with Crippen molar-refractivity contribution in [3.8, 4) is 5.75 Å². The highest BCUT2D eigenvalue weighted by Crippen LogP contribution is 2.23. The Bertz CT molecular complexity index is 334. The first kappa shape index (κ1) is 9.54. The second-order valence-electron chi connectivity index (χ2n) is 2.87. The minimum Gasteiger partial charge on any atom is -0.508 e. The van der Waals surface area contributed by atoms with Crippen LogP contribution in [0.2, 0.25) is 0 Å². The van der Waals surface area contributed by atoms with Crippen LogP contribution in [0.25, 0.3) is 0 Å². The number of hydrogen-bond acceptors (Lipinski definition) is 3. The standard InChI is InChI=1S/C9H11NO3/c1-5(10)7-3-2-6(9(12)13)4-8(7)11/h2-5,11H,10H2,1H3,(H,12,13)/t5-/m1/s1. The highest BCUT2D eigenvalue weighted by Gasteiger charge is 2.09. The number of phenolic OH excluding ortho intramolecular Hbond substituents is 1. The van der Waals surface area contributed by atoms with Gasteiger partial charge in [0.1, 0.15) is 5.75 Å². The maximum absolute atomic E-state index is 10.5. The van der Waals surface area contributed by atoms with E-state index in [-0.39, 0.29) is 17.4 Å². The third kappa shape index (κ3) is 1.97. The van der Waals surface area contributed by atoms with Crippen molar-refractivity contribution in [2.24, 2.45) is 5.73 Å². The SMILES string of the molecule is C[C@@H](N)c1ccc(C(=O)O)cc1O. The summed E-state index contributed by atoms with van der Waals surface area (Å²) in [4.78, 5) is 10.5. The van der Waals surface area contributed by atoms with Gasteiger partial charge in [0.15, 0.2) is 0 Å². The number of nitrogens with two attached hydrogens (primary N) is 1. The first-order valence-corrected chi connectivity index (χ1v) is 3.84. The van der Waals surface area contributed by atoms with Crippen LogP contribution in [0.5, 0.6) is 5.75 Å². The van der Waals surface area contributed by atoms with Crippen LogP contribution in [0.1, 0.15) is 28.9 Å². The Morgan fingerprint density at radius 3 is 2.54 bits per heavy atom. The van der Waals surface area contributed by atoms with E-state index < -0.39 is 5.97 Å². The lowest BCUT2D eigenvalue weighted by molar-refractivity contribution is 0.0696. The molecule has 1 aromatic carbocycles. The summed E-state index contributed by atoms with van der Waals surface area (Å²) in [6.07, 6.45) is 0. The van der Waals surface area contributed by atoms with Gasteiger partial charge in [-0.05, 0) is 19.1 Å². The molecule has 4 heteroatoms. The molecule has 0 aromatic heterocycles. The molecule has 1 atom stereocenters. The Kier molecular flexibility index (Phi) is 2.53. The molecule has 70 valence electrons. The van der Waals surface area contributed by atoms with Crippen molar-refractivity contribution >= 4 is 5.97 Å². The molecule has 1 rings (SSSR count). The molecule has 1 aromatic rings. The quantitative estimate of drug-likeness (QED) is 0.638. The van der Waals surface area contributed by atoms with Gasteiger partial charge in [-0.3, -0.25) is 0 Å². The topological polar surface area (TPSA) is 83.6 Å². The summed E-state index contributed by atoms with van der Waals surface area (Å²) in [6, 6.07) is 3.83. The first-order chi connectivity index (χ1) is 6.02.